The van der Waals surface area contributed by atoms with Crippen LogP contribution in [0.5, 0.6) is 0 Å². The molecule has 0 unspecified atom stereocenters. The summed E-state index contributed by atoms with van der Waals surface area (Å²) in [6.45, 7) is 2.92. The van der Waals surface area contributed by atoms with Gasteiger partial charge in [0.05, 0.1) is 0 Å². The van der Waals surface area contributed by atoms with Crippen LogP contribution < -0.4 is 0 Å². The Morgan fingerprint density at radius 1 is 1.78 bits per heavy atom. The molecular weight excluding hydrogens is 191 g/mol. The second-order valence-corrected chi connectivity index (χ2v) is 2.02. The van der Waals surface area contributed by atoms with Gasteiger partial charge in [0.25, 0.3) is 0 Å². The SMILES string of the molecule is C=C(F)C(=O)OCCBr. The molecule has 0 amide bonds. The van der Waals surface area contributed by atoms with E-state index in [1.807, 2.05) is 0 Å². The van der Waals surface area contributed by atoms with Gasteiger partial charge >= 0.3 is 5.97 Å². The van der Waals surface area contributed by atoms with Crippen LogP contribution in [-0.4, -0.2) is 17.9 Å². The number of hydrogen-bond donors (Lipinski definition) is 0. The second-order valence-electron chi connectivity index (χ2n) is 1.23. The predicted molar refractivity (Wildman–Crippen MR) is 35.0 cm³/mol. The topological polar surface area (TPSA) is 26.3 Å². The molecule has 0 rings (SSSR count). The van der Waals surface area contributed by atoms with Crippen molar-refractivity contribution in [3.63, 3.8) is 0 Å². The molecule has 2 nitrogen and oxygen atoms in total. The van der Waals surface area contributed by atoms with Crippen LogP contribution in [0.15, 0.2) is 12.4 Å². The summed E-state index contributed by atoms with van der Waals surface area (Å²) >= 11 is 3.00. The number of hydrogen-bond acceptors (Lipinski definition) is 2. The summed E-state index contributed by atoms with van der Waals surface area (Å²) in [6, 6.07) is 0. The Morgan fingerprint density at radius 3 is 2.67 bits per heavy atom. The van der Waals surface area contributed by atoms with E-state index in [4.69, 9.17) is 0 Å². The molecule has 0 heterocycles. The molecule has 0 radical (unpaired) electrons. The fourth-order valence-electron chi connectivity index (χ4n) is 0.210. The number of esters is 1. The third kappa shape index (κ3) is 4.14. The van der Waals surface area contributed by atoms with Crippen molar-refractivity contribution >= 4 is 21.9 Å². The largest absolute Gasteiger partial charge is 0.460 e. The van der Waals surface area contributed by atoms with Gasteiger partial charge in [0.15, 0.2) is 0 Å². The first-order valence-corrected chi connectivity index (χ1v) is 3.38. The van der Waals surface area contributed by atoms with Crippen LogP contribution >= 0.6 is 15.9 Å². The van der Waals surface area contributed by atoms with E-state index in [0.29, 0.717) is 5.33 Å². The van der Waals surface area contributed by atoms with Gasteiger partial charge in [0.2, 0.25) is 5.83 Å². The summed E-state index contributed by atoms with van der Waals surface area (Å²) in [5, 5.41) is 0.506. The van der Waals surface area contributed by atoms with Crippen LogP contribution in [0.4, 0.5) is 4.39 Å². The molecule has 0 aliphatic carbocycles. The number of ether oxygens (including phenoxy) is 1. The fraction of sp³-hybridized carbons (Fsp3) is 0.400. The Morgan fingerprint density at radius 2 is 2.33 bits per heavy atom. The van der Waals surface area contributed by atoms with Crippen molar-refractivity contribution in [2.45, 2.75) is 0 Å². The lowest BCUT2D eigenvalue weighted by molar-refractivity contribution is -0.140. The molecule has 0 aromatic heterocycles. The molecule has 0 N–H and O–H groups in total. The number of carbonyl (C=O) groups is 1. The van der Waals surface area contributed by atoms with Crippen LogP contribution in [0, 0.1) is 0 Å². The minimum Gasteiger partial charge on any atom is -0.460 e. The smallest absolute Gasteiger partial charge is 0.366 e. The van der Waals surface area contributed by atoms with Crippen molar-refractivity contribution in [2.24, 2.45) is 0 Å². The Bertz CT molecular complexity index is 124. The average Bonchev–Trinajstić information content (AvgIpc) is 1.82. The maximum atomic E-state index is 11.7. The summed E-state index contributed by atoms with van der Waals surface area (Å²) in [5.74, 6) is -2.05. The maximum absolute atomic E-state index is 11.7. The highest BCUT2D eigenvalue weighted by atomic mass is 79.9. The zero-order valence-corrected chi connectivity index (χ0v) is 6.28. The Kier molecular flexibility index (Phi) is 4.30. The fourth-order valence-corrected chi connectivity index (χ4v) is 0.371. The van der Waals surface area contributed by atoms with E-state index >= 15 is 0 Å². The number of rotatable bonds is 3. The standard InChI is InChI=1S/C5H6BrFO2/c1-4(7)5(8)9-3-2-6/h1-3H2. The van der Waals surface area contributed by atoms with Crippen LogP contribution in [0.2, 0.25) is 0 Å². The molecule has 0 bridgehead atoms. The predicted octanol–water partition coefficient (Wildman–Crippen LogP) is 1.41. The summed E-state index contributed by atoms with van der Waals surface area (Å²) in [5.41, 5.74) is 0. The van der Waals surface area contributed by atoms with E-state index in [-0.39, 0.29) is 6.61 Å². The van der Waals surface area contributed by atoms with E-state index in [2.05, 4.69) is 27.2 Å². The molecule has 0 saturated heterocycles. The first kappa shape index (κ1) is 8.62. The van der Waals surface area contributed by atoms with E-state index in [0.717, 1.165) is 0 Å². The molecule has 4 heteroatoms. The van der Waals surface area contributed by atoms with Gasteiger partial charge in [-0.05, 0) is 0 Å². The Balaban J connectivity index is 3.39. The monoisotopic (exact) mass is 196 g/mol. The Hall–Kier alpha value is -0.380. The quantitative estimate of drug-likeness (QED) is 0.388. The first-order chi connectivity index (χ1) is 4.18. The lowest BCUT2D eigenvalue weighted by Gasteiger charge is -1.96. The summed E-state index contributed by atoms with van der Waals surface area (Å²) in [6.07, 6.45) is 0. The summed E-state index contributed by atoms with van der Waals surface area (Å²) < 4.78 is 16.0. The normalized spacial score (nSPS) is 8.67. The molecule has 9 heavy (non-hydrogen) atoms. The number of alkyl halides is 1. The molecule has 0 aromatic carbocycles. The molecular formula is C5H6BrFO2. The zero-order valence-electron chi connectivity index (χ0n) is 4.69. The van der Waals surface area contributed by atoms with Crippen molar-refractivity contribution in [1.29, 1.82) is 0 Å². The number of halogens is 2. The van der Waals surface area contributed by atoms with Gasteiger partial charge in [-0.1, -0.05) is 22.5 Å². The summed E-state index contributed by atoms with van der Waals surface area (Å²) in [7, 11) is 0. The first-order valence-electron chi connectivity index (χ1n) is 2.26. The third-order valence-electron chi connectivity index (χ3n) is 0.532. The highest BCUT2D eigenvalue weighted by molar-refractivity contribution is 9.09. The van der Waals surface area contributed by atoms with E-state index < -0.39 is 11.8 Å². The van der Waals surface area contributed by atoms with Crippen molar-refractivity contribution in [3.8, 4) is 0 Å². The van der Waals surface area contributed by atoms with E-state index in [9.17, 15) is 9.18 Å². The zero-order chi connectivity index (χ0) is 7.28. The molecule has 0 saturated carbocycles. The van der Waals surface area contributed by atoms with Crippen molar-refractivity contribution in [2.75, 3.05) is 11.9 Å². The van der Waals surface area contributed by atoms with Crippen LogP contribution in [-0.2, 0) is 9.53 Å². The van der Waals surface area contributed by atoms with E-state index in [1.54, 1.807) is 0 Å². The molecule has 0 spiro atoms. The van der Waals surface area contributed by atoms with Gasteiger partial charge in [-0.15, -0.1) is 0 Å². The van der Waals surface area contributed by atoms with Gasteiger partial charge in [-0.25, -0.2) is 4.79 Å². The van der Waals surface area contributed by atoms with Gasteiger partial charge in [-0.2, -0.15) is 4.39 Å². The van der Waals surface area contributed by atoms with Crippen molar-refractivity contribution in [1.82, 2.24) is 0 Å². The molecule has 52 valence electrons. The highest BCUT2D eigenvalue weighted by Crippen LogP contribution is 1.94. The third-order valence-corrected chi connectivity index (χ3v) is 0.856. The van der Waals surface area contributed by atoms with Crippen LogP contribution in [0.25, 0.3) is 0 Å². The maximum Gasteiger partial charge on any atom is 0.366 e. The van der Waals surface area contributed by atoms with Crippen LogP contribution in [0.1, 0.15) is 0 Å². The van der Waals surface area contributed by atoms with E-state index in [1.165, 1.54) is 0 Å². The average molecular weight is 197 g/mol. The Labute approximate surface area is 60.8 Å². The lowest BCUT2D eigenvalue weighted by atomic mass is 10.6. The second kappa shape index (κ2) is 4.49. The van der Waals surface area contributed by atoms with Gasteiger partial charge in [0, 0.05) is 5.33 Å². The molecule has 0 aliphatic rings. The molecule has 0 atom stereocenters. The van der Waals surface area contributed by atoms with Gasteiger partial charge < -0.3 is 4.74 Å². The van der Waals surface area contributed by atoms with Gasteiger partial charge in [-0.3, -0.25) is 0 Å². The van der Waals surface area contributed by atoms with Crippen molar-refractivity contribution in [3.05, 3.63) is 12.4 Å². The minimum atomic E-state index is -1.06. The van der Waals surface area contributed by atoms with Crippen molar-refractivity contribution < 1.29 is 13.9 Å². The lowest BCUT2D eigenvalue weighted by Crippen LogP contribution is -2.05. The van der Waals surface area contributed by atoms with Gasteiger partial charge in [0.1, 0.15) is 6.61 Å². The molecule has 0 fully saturated rings. The summed E-state index contributed by atoms with van der Waals surface area (Å²) in [4.78, 5) is 10.2. The minimum absolute atomic E-state index is 0.168. The molecule has 0 aliphatic heterocycles. The number of carbonyl (C=O) groups excluding carboxylic acids is 1. The molecule has 0 aromatic rings. The van der Waals surface area contributed by atoms with Crippen LogP contribution in [0.3, 0.4) is 0 Å². The highest BCUT2D eigenvalue weighted by Gasteiger charge is 2.04.